The van der Waals surface area contributed by atoms with Crippen molar-refractivity contribution in [1.29, 1.82) is 0 Å². The summed E-state index contributed by atoms with van der Waals surface area (Å²) in [6.07, 6.45) is 47.0. The molecule has 0 saturated heterocycles. The first kappa shape index (κ1) is 53.7. The van der Waals surface area contributed by atoms with Gasteiger partial charge in [0.1, 0.15) is 19.8 Å². The van der Waals surface area contributed by atoms with Gasteiger partial charge in [0, 0.05) is 6.42 Å². The van der Waals surface area contributed by atoms with E-state index in [-0.39, 0.29) is 38.3 Å². The Hall–Kier alpha value is -2.26. The van der Waals surface area contributed by atoms with Crippen LogP contribution in [0.25, 0.3) is 0 Å². The number of esters is 1. The van der Waals surface area contributed by atoms with Gasteiger partial charge in [-0.15, -0.1) is 0 Å². The molecular formula is C46H83NO8P+. The van der Waals surface area contributed by atoms with E-state index in [1.54, 1.807) is 6.26 Å². The SMILES string of the molecule is CCCCCC/C=C\CCCCCCCC/C=C/O[C@H](COC(=O)CCC/C=C\C/C=C\C/C=C\C/C=C\CC[C@@H](O)CC)COP(=O)(O)OCC[N+](C)(C)C. The van der Waals surface area contributed by atoms with Crippen LogP contribution in [0.5, 0.6) is 0 Å². The molecule has 0 aliphatic rings. The van der Waals surface area contributed by atoms with Crippen LogP contribution in [0.2, 0.25) is 0 Å². The van der Waals surface area contributed by atoms with Gasteiger partial charge in [-0.25, -0.2) is 4.57 Å². The van der Waals surface area contributed by atoms with Crippen LogP contribution >= 0.6 is 7.82 Å². The highest BCUT2D eigenvalue weighted by Crippen LogP contribution is 2.43. The Morgan fingerprint density at radius 2 is 1.14 bits per heavy atom. The van der Waals surface area contributed by atoms with E-state index in [0.29, 0.717) is 17.4 Å². The minimum Gasteiger partial charge on any atom is -0.492 e. The van der Waals surface area contributed by atoms with Gasteiger partial charge in [0.25, 0.3) is 0 Å². The van der Waals surface area contributed by atoms with Crippen molar-refractivity contribution in [3.8, 4) is 0 Å². The van der Waals surface area contributed by atoms with Crippen LogP contribution in [0.4, 0.5) is 0 Å². The molecule has 0 aliphatic carbocycles. The topological polar surface area (TPSA) is 112 Å². The van der Waals surface area contributed by atoms with Crippen LogP contribution in [-0.4, -0.2) is 80.2 Å². The summed E-state index contributed by atoms with van der Waals surface area (Å²) < 4.78 is 34.7. The van der Waals surface area contributed by atoms with Gasteiger partial charge in [-0.2, -0.15) is 0 Å². The fourth-order valence-electron chi connectivity index (χ4n) is 5.33. The van der Waals surface area contributed by atoms with Crippen LogP contribution in [0.3, 0.4) is 0 Å². The zero-order valence-corrected chi connectivity index (χ0v) is 37.1. The number of quaternary nitrogens is 1. The molecule has 0 spiro atoms. The van der Waals surface area contributed by atoms with Crippen molar-refractivity contribution in [2.75, 3.05) is 47.5 Å². The number of unbranched alkanes of at least 4 members (excludes halogenated alkanes) is 12. The maximum absolute atomic E-state index is 12.5. The number of carbonyl (C=O) groups excluding carboxylic acids is 1. The third kappa shape index (κ3) is 41.4. The molecule has 1 unspecified atom stereocenters. The fourth-order valence-corrected chi connectivity index (χ4v) is 6.07. The van der Waals surface area contributed by atoms with Gasteiger partial charge in [0.2, 0.25) is 0 Å². The van der Waals surface area contributed by atoms with E-state index in [1.165, 1.54) is 64.2 Å². The number of phosphoric ester groups is 1. The van der Waals surface area contributed by atoms with Gasteiger partial charge in [0.05, 0.1) is 40.1 Å². The predicted molar refractivity (Wildman–Crippen MR) is 234 cm³/mol. The molecule has 0 bridgehead atoms. The Morgan fingerprint density at radius 3 is 1.71 bits per heavy atom. The van der Waals surface area contributed by atoms with Crippen LogP contribution in [-0.2, 0) is 27.9 Å². The monoisotopic (exact) mass is 809 g/mol. The maximum Gasteiger partial charge on any atom is 0.472 e. The number of hydrogen-bond acceptors (Lipinski definition) is 7. The molecule has 0 aromatic rings. The molecule has 324 valence electrons. The lowest BCUT2D eigenvalue weighted by Gasteiger charge is -2.24. The zero-order chi connectivity index (χ0) is 41.4. The summed E-state index contributed by atoms with van der Waals surface area (Å²) >= 11 is 0. The molecule has 0 heterocycles. The standard InChI is InChI=1S/C46H82NO8P/c1-6-8-9-10-11-12-13-14-15-18-21-24-27-30-33-36-40-52-45(43-55-56(50,51)54-41-39-47(3,4)5)42-53-46(49)38-35-32-29-26-23-20-17-16-19-22-25-28-31-34-37-44(48)7-2/h12-13,17,19-20,22,26,28-29,31,36,40,44-45,48H,6-11,14-16,18,21,23-25,27,30,32-35,37-39,41-43H2,1-5H3/p+1/b13-12-,20-17-,22-19-,29-26-,31-28-,40-36+/t44-,45+/m0/s1. The molecule has 10 heteroatoms. The molecule has 0 aliphatic heterocycles. The molecule has 0 amide bonds. The normalized spacial score (nSPS) is 15.0. The second kappa shape index (κ2) is 38.3. The van der Waals surface area contributed by atoms with Crippen molar-refractivity contribution in [2.45, 2.75) is 167 Å². The van der Waals surface area contributed by atoms with Crippen molar-refractivity contribution in [1.82, 2.24) is 0 Å². The highest BCUT2D eigenvalue weighted by atomic mass is 31.2. The summed E-state index contributed by atoms with van der Waals surface area (Å²) in [7, 11) is 1.61. The van der Waals surface area contributed by atoms with Crippen molar-refractivity contribution in [3.05, 3.63) is 73.1 Å². The Bertz CT molecular complexity index is 1140. The smallest absolute Gasteiger partial charge is 0.472 e. The molecule has 0 fully saturated rings. The average molecular weight is 809 g/mol. The van der Waals surface area contributed by atoms with E-state index in [9.17, 15) is 19.4 Å². The first-order valence-corrected chi connectivity index (χ1v) is 23.3. The third-order valence-electron chi connectivity index (χ3n) is 8.99. The lowest BCUT2D eigenvalue weighted by molar-refractivity contribution is -0.870. The molecule has 2 N–H and O–H groups in total. The average Bonchev–Trinajstić information content (AvgIpc) is 3.15. The van der Waals surface area contributed by atoms with E-state index in [1.807, 2.05) is 34.1 Å². The lowest BCUT2D eigenvalue weighted by Crippen LogP contribution is -2.37. The number of ether oxygens (including phenoxy) is 2. The number of allylic oxidation sites excluding steroid dienone is 11. The van der Waals surface area contributed by atoms with Gasteiger partial charge in [-0.3, -0.25) is 13.8 Å². The molecule has 3 atom stereocenters. The van der Waals surface area contributed by atoms with E-state index in [2.05, 4.69) is 67.7 Å². The number of phosphoric acid groups is 1. The molecule has 0 aromatic heterocycles. The van der Waals surface area contributed by atoms with Crippen molar-refractivity contribution >= 4 is 13.8 Å². The number of carbonyl (C=O) groups is 1. The van der Waals surface area contributed by atoms with E-state index in [0.717, 1.165) is 64.2 Å². The lowest BCUT2D eigenvalue weighted by atomic mass is 10.1. The highest BCUT2D eigenvalue weighted by Gasteiger charge is 2.25. The molecule has 0 saturated carbocycles. The molecular weight excluding hydrogens is 725 g/mol. The quantitative estimate of drug-likeness (QED) is 0.0158. The Morgan fingerprint density at radius 1 is 0.643 bits per heavy atom. The summed E-state index contributed by atoms with van der Waals surface area (Å²) in [5, 5.41) is 9.56. The van der Waals surface area contributed by atoms with Gasteiger partial charge >= 0.3 is 13.8 Å². The van der Waals surface area contributed by atoms with Crippen molar-refractivity contribution in [2.24, 2.45) is 0 Å². The minimum absolute atomic E-state index is 0.0708. The van der Waals surface area contributed by atoms with Crippen LogP contribution < -0.4 is 0 Å². The fraction of sp³-hybridized carbons (Fsp3) is 0.717. The number of nitrogens with zero attached hydrogens (tertiary/aromatic N) is 1. The number of rotatable bonds is 39. The first-order valence-electron chi connectivity index (χ1n) is 21.8. The second-order valence-corrected chi connectivity index (χ2v) is 17.0. The largest absolute Gasteiger partial charge is 0.492 e. The zero-order valence-electron chi connectivity index (χ0n) is 36.2. The van der Waals surface area contributed by atoms with Crippen molar-refractivity contribution < 1.29 is 42.4 Å². The highest BCUT2D eigenvalue weighted by molar-refractivity contribution is 7.47. The summed E-state index contributed by atoms with van der Waals surface area (Å²) in [5.41, 5.74) is 0. The van der Waals surface area contributed by atoms with Crippen LogP contribution in [0, 0.1) is 0 Å². The van der Waals surface area contributed by atoms with Crippen LogP contribution in [0.1, 0.15) is 155 Å². The van der Waals surface area contributed by atoms with Gasteiger partial charge in [-0.05, 0) is 96.0 Å². The van der Waals surface area contributed by atoms with Crippen LogP contribution in [0.15, 0.2) is 73.1 Å². The summed E-state index contributed by atoms with van der Waals surface area (Å²) in [5.74, 6) is -0.346. The second-order valence-electron chi connectivity index (χ2n) is 15.6. The number of aliphatic hydroxyl groups is 1. The Balaban J connectivity index is 4.42. The minimum atomic E-state index is -4.29. The summed E-state index contributed by atoms with van der Waals surface area (Å²) in [4.78, 5) is 22.6. The number of likely N-dealkylation sites (N-methyl/N-ethyl adjacent to an activating group) is 1. The molecule has 0 rings (SSSR count). The Kier molecular flexibility index (Phi) is 36.7. The third-order valence-corrected chi connectivity index (χ3v) is 9.98. The molecule has 0 radical (unpaired) electrons. The predicted octanol–water partition coefficient (Wildman–Crippen LogP) is 12.0. The number of hydrogen-bond donors (Lipinski definition) is 2. The van der Waals surface area contributed by atoms with E-state index < -0.39 is 13.9 Å². The summed E-state index contributed by atoms with van der Waals surface area (Å²) in [6, 6.07) is 0. The molecule has 9 nitrogen and oxygen atoms in total. The van der Waals surface area contributed by atoms with Crippen molar-refractivity contribution in [3.63, 3.8) is 0 Å². The van der Waals surface area contributed by atoms with E-state index >= 15 is 0 Å². The molecule has 56 heavy (non-hydrogen) atoms. The molecule has 0 aromatic carbocycles. The van der Waals surface area contributed by atoms with Gasteiger partial charge < -0.3 is 24.0 Å². The number of aliphatic hydroxyl groups excluding tert-OH is 1. The van der Waals surface area contributed by atoms with E-state index in [4.69, 9.17) is 18.5 Å². The first-order chi connectivity index (χ1) is 27.0. The van der Waals surface area contributed by atoms with Gasteiger partial charge in [-0.1, -0.05) is 120 Å². The Labute approximate surface area is 343 Å². The summed E-state index contributed by atoms with van der Waals surface area (Å²) in [6.45, 7) is 4.52. The maximum atomic E-state index is 12.5. The van der Waals surface area contributed by atoms with Gasteiger partial charge in [0.15, 0.2) is 6.10 Å².